The van der Waals surface area contributed by atoms with Crippen LogP contribution in [0.4, 0.5) is 5.69 Å². The molecule has 4 atom stereocenters. The molecular weight excluding hydrogens is 400 g/mol. The molecule has 2 aliphatic heterocycles. The Kier molecular flexibility index (Phi) is 5.55. The fourth-order valence-electron chi connectivity index (χ4n) is 5.43. The minimum absolute atomic E-state index is 0.147. The van der Waals surface area contributed by atoms with Gasteiger partial charge in [-0.05, 0) is 37.4 Å². The van der Waals surface area contributed by atoms with E-state index in [2.05, 4.69) is 4.90 Å². The molecule has 2 amide bonds. The summed E-state index contributed by atoms with van der Waals surface area (Å²) in [5, 5.41) is 9.86. The van der Waals surface area contributed by atoms with Crippen LogP contribution in [0, 0.1) is 17.3 Å². The number of likely N-dealkylation sites (tertiary alicyclic amines) is 1. The molecule has 168 valence electrons. The zero-order valence-electron chi connectivity index (χ0n) is 18.0. The van der Waals surface area contributed by atoms with Gasteiger partial charge < -0.3 is 25.4 Å². The third-order valence-electron chi connectivity index (χ3n) is 7.16. The molecule has 9 heteroatoms. The molecule has 31 heavy (non-hydrogen) atoms. The summed E-state index contributed by atoms with van der Waals surface area (Å²) in [7, 11) is 3.41. The Balaban J connectivity index is 1.43. The predicted octanol–water partition coefficient (Wildman–Crippen LogP) is 0.240. The summed E-state index contributed by atoms with van der Waals surface area (Å²) in [4.78, 5) is 42.8. The molecule has 3 N–H and O–H groups in total. The largest absolute Gasteiger partial charge is 0.497 e. The fraction of sp³-hybridized carbons (Fsp3) is 0.591. The maximum absolute atomic E-state index is 13.4. The molecule has 9 nitrogen and oxygen atoms in total. The minimum Gasteiger partial charge on any atom is -0.497 e. The molecule has 0 radical (unpaired) electrons. The summed E-state index contributed by atoms with van der Waals surface area (Å²) in [6.07, 6.45) is 0.928. The van der Waals surface area contributed by atoms with Crippen molar-refractivity contribution in [2.24, 2.45) is 23.0 Å². The molecule has 4 rings (SSSR count). The van der Waals surface area contributed by atoms with Crippen LogP contribution in [0.3, 0.4) is 0 Å². The molecule has 1 aliphatic carbocycles. The second kappa shape index (κ2) is 8.03. The number of nitrogens with zero attached hydrogens (tertiary/aromatic N) is 3. The van der Waals surface area contributed by atoms with E-state index in [9.17, 15) is 19.5 Å². The Morgan fingerprint density at radius 3 is 2.45 bits per heavy atom. The number of piperazine rings is 1. The topological polar surface area (TPSA) is 116 Å². The number of carbonyl (C=O) groups is 3. The number of piperidine rings is 1. The summed E-state index contributed by atoms with van der Waals surface area (Å²) in [5.74, 6) is -1.87. The smallest absolute Gasteiger partial charge is 0.308 e. The van der Waals surface area contributed by atoms with Crippen molar-refractivity contribution >= 4 is 23.5 Å². The second-order valence-electron chi connectivity index (χ2n) is 9.04. The van der Waals surface area contributed by atoms with E-state index in [-0.39, 0.29) is 17.7 Å². The van der Waals surface area contributed by atoms with Crippen LogP contribution in [0.25, 0.3) is 0 Å². The van der Waals surface area contributed by atoms with E-state index in [4.69, 9.17) is 10.5 Å². The quantitative estimate of drug-likeness (QED) is 0.687. The lowest BCUT2D eigenvalue weighted by atomic mass is 9.79. The van der Waals surface area contributed by atoms with Gasteiger partial charge in [0.1, 0.15) is 11.8 Å². The van der Waals surface area contributed by atoms with Crippen molar-refractivity contribution < 1.29 is 24.2 Å². The molecule has 1 aromatic carbocycles. The first kappa shape index (κ1) is 21.4. The average Bonchev–Trinajstić information content (AvgIpc) is 3.46. The highest BCUT2D eigenvalue weighted by atomic mass is 16.5. The van der Waals surface area contributed by atoms with Crippen LogP contribution in [0.15, 0.2) is 24.3 Å². The first-order valence-electron chi connectivity index (χ1n) is 10.7. The van der Waals surface area contributed by atoms with Gasteiger partial charge in [-0.15, -0.1) is 0 Å². The Hall–Kier alpha value is -2.81. The Bertz CT molecular complexity index is 884. The molecule has 0 bridgehead atoms. The summed E-state index contributed by atoms with van der Waals surface area (Å²) in [6.45, 7) is 2.91. The van der Waals surface area contributed by atoms with Gasteiger partial charge in [0.15, 0.2) is 0 Å². The number of rotatable bonds is 5. The van der Waals surface area contributed by atoms with Crippen LogP contribution >= 0.6 is 0 Å². The number of carboxylic acid groups (broad SMARTS) is 1. The van der Waals surface area contributed by atoms with E-state index < -0.39 is 23.3 Å². The molecule has 3 fully saturated rings. The van der Waals surface area contributed by atoms with Gasteiger partial charge in [-0.3, -0.25) is 19.3 Å². The van der Waals surface area contributed by atoms with Crippen LogP contribution in [-0.4, -0.2) is 85.6 Å². The number of aliphatic carboxylic acids is 1. The molecule has 0 aromatic heterocycles. The van der Waals surface area contributed by atoms with Crippen LogP contribution in [-0.2, 0) is 14.4 Å². The van der Waals surface area contributed by atoms with Gasteiger partial charge in [0.25, 0.3) is 0 Å². The molecule has 4 unspecified atom stereocenters. The molecule has 1 saturated carbocycles. The lowest BCUT2D eigenvalue weighted by molar-refractivity contribution is -0.156. The van der Waals surface area contributed by atoms with Crippen LogP contribution in [0.2, 0.25) is 0 Å². The minimum atomic E-state index is -0.991. The Morgan fingerprint density at radius 2 is 1.87 bits per heavy atom. The molecular formula is C22H30N4O5. The number of anilines is 1. The monoisotopic (exact) mass is 430 g/mol. The molecule has 1 aromatic rings. The molecule has 3 aliphatic rings. The fourth-order valence-corrected chi connectivity index (χ4v) is 5.43. The standard InChI is InChI=1S/C22H30N4O5/c1-24-13-22(12-17(22)19(23)27)11-16(21(29)30)18(24)20(28)26-8-6-25(7-9-26)14-4-3-5-15(10-14)31-2/h3-5,10,16-18H,6-9,11-13H2,1-2H3,(H2,23,27)(H,29,30). The second-order valence-corrected chi connectivity index (χ2v) is 9.04. The summed E-state index contributed by atoms with van der Waals surface area (Å²) in [5.41, 5.74) is 6.11. The van der Waals surface area contributed by atoms with Gasteiger partial charge in [0.2, 0.25) is 11.8 Å². The van der Waals surface area contributed by atoms with Gasteiger partial charge >= 0.3 is 5.97 Å². The van der Waals surface area contributed by atoms with Crippen molar-refractivity contribution in [1.29, 1.82) is 0 Å². The van der Waals surface area contributed by atoms with Crippen LogP contribution in [0.5, 0.6) is 5.75 Å². The SMILES string of the molecule is COc1cccc(N2CCN(C(=O)C3C(C(=O)O)CC4(CC4C(N)=O)CN3C)CC2)c1. The van der Waals surface area contributed by atoms with Crippen molar-refractivity contribution in [3.8, 4) is 5.75 Å². The predicted molar refractivity (Wildman–Crippen MR) is 114 cm³/mol. The van der Waals surface area contributed by atoms with E-state index in [0.717, 1.165) is 11.4 Å². The number of nitrogens with two attached hydrogens (primary N) is 1. The normalized spacial score (nSPS) is 30.8. The molecule has 2 saturated heterocycles. The van der Waals surface area contributed by atoms with Gasteiger partial charge in [-0.25, -0.2) is 0 Å². The van der Waals surface area contributed by atoms with Crippen molar-refractivity contribution in [2.75, 3.05) is 51.8 Å². The summed E-state index contributed by atoms with van der Waals surface area (Å²) < 4.78 is 5.29. The molecule has 1 spiro atoms. The highest BCUT2D eigenvalue weighted by Crippen LogP contribution is 2.59. The van der Waals surface area contributed by atoms with Gasteiger partial charge in [-0.2, -0.15) is 0 Å². The number of ether oxygens (including phenoxy) is 1. The van der Waals surface area contributed by atoms with Crippen LogP contribution in [0.1, 0.15) is 12.8 Å². The van der Waals surface area contributed by atoms with Crippen molar-refractivity contribution in [1.82, 2.24) is 9.80 Å². The number of amides is 2. The Morgan fingerprint density at radius 1 is 1.16 bits per heavy atom. The van der Waals surface area contributed by atoms with E-state index in [1.807, 2.05) is 29.2 Å². The lowest BCUT2D eigenvalue weighted by Gasteiger charge is -2.44. The third kappa shape index (κ3) is 3.94. The average molecular weight is 431 g/mol. The van der Waals surface area contributed by atoms with E-state index in [0.29, 0.717) is 45.6 Å². The number of benzene rings is 1. The highest BCUT2D eigenvalue weighted by molar-refractivity contribution is 5.89. The Labute approximate surface area is 181 Å². The van der Waals surface area contributed by atoms with Crippen molar-refractivity contribution in [3.05, 3.63) is 24.3 Å². The number of carbonyl (C=O) groups excluding carboxylic acids is 2. The first-order valence-corrected chi connectivity index (χ1v) is 10.7. The van der Waals surface area contributed by atoms with Crippen molar-refractivity contribution in [3.63, 3.8) is 0 Å². The van der Waals surface area contributed by atoms with E-state index in [1.54, 1.807) is 19.1 Å². The highest BCUT2D eigenvalue weighted by Gasteiger charge is 2.63. The summed E-state index contributed by atoms with van der Waals surface area (Å²) in [6, 6.07) is 7.09. The number of methoxy groups -OCH3 is 1. The zero-order valence-corrected chi connectivity index (χ0v) is 18.0. The van der Waals surface area contributed by atoms with Gasteiger partial charge in [0.05, 0.1) is 13.0 Å². The number of hydrogen-bond acceptors (Lipinski definition) is 6. The van der Waals surface area contributed by atoms with Gasteiger partial charge in [0, 0.05) is 50.4 Å². The maximum atomic E-state index is 13.4. The number of likely N-dealkylation sites (N-methyl/N-ethyl adjacent to an activating group) is 1. The van der Waals surface area contributed by atoms with Gasteiger partial charge in [-0.1, -0.05) is 6.07 Å². The van der Waals surface area contributed by atoms with Crippen molar-refractivity contribution in [2.45, 2.75) is 18.9 Å². The maximum Gasteiger partial charge on any atom is 0.308 e. The molecule has 2 heterocycles. The van der Waals surface area contributed by atoms with E-state index >= 15 is 0 Å². The number of carboxylic acids is 1. The first-order chi connectivity index (χ1) is 14.8. The summed E-state index contributed by atoms with van der Waals surface area (Å²) >= 11 is 0. The number of primary amides is 1. The van der Waals surface area contributed by atoms with Crippen LogP contribution < -0.4 is 15.4 Å². The number of hydrogen-bond donors (Lipinski definition) is 2. The zero-order chi connectivity index (χ0) is 22.3. The lowest BCUT2D eigenvalue weighted by Crippen LogP contribution is -2.60. The van der Waals surface area contributed by atoms with E-state index in [1.165, 1.54) is 0 Å². The third-order valence-corrected chi connectivity index (χ3v) is 7.16.